The molecule has 0 radical (unpaired) electrons. The van der Waals surface area contributed by atoms with Crippen molar-refractivity contribution in [1.82, 2.24) is 0 Å². The van der Waals surface area contributed by atoms with Crippen LogP contribution >= 0.6 is 7.23 Å². The summed E-state index contributed by atoms with van der Waals surface area (Å²) < 4.78 is 0. The van der Waals surface area contributed by atoms with Gasteiger partial charge in [-0.15, -0.1) is 0 Å². The first-order valence-electron chi connectivity index (χ1n) is 0.789. The maximum absolute atomic E-state index is 2.61. The van der Waals surface area contributed by atoms with E-state index in [-0.39, 0.29) is 24.8 Å². The summed E-state index contributed by atoms with van der Waals surface area (Å²) in [6.07, 6.45) is 0. The van der Waals surface area contributed by atoms with E-state index in [9.17, 15) is 0 Å². The molecule has 0 nitrogen and oxygen atoms in total. The van der Waals surface area contributed by atoms with E-state index in [1.807, 2.05) is 0 Å². The Balaban J connectivity index is -0.0000000200. The number of hydrogen-bond donors (Lipinski definition) is 0. The number of halogens is 2. The van der Waals surface area contributed by atoms with Crippen LogP contribution in [0.4, 0.5) is 0 Å². The summed E-state index contributed by atoms with van der Waals surface area (Å²) in [5.41, 5.74) is 0. The Morgan fingerprint density at radius 2 is 1.40 bits per heavy atom. The first-order valence-corrected chi connectivity index (χ1v) is 4.10. The summed E-state index contributed by atoms with van der Waals surface area (Å²) in [6, 6.07) is 0. The van der Waals surface area contributed by atoms with Gasteiger partial charge in [0.1, 0.15) is 0 Å². The third kappa shape index (κ3) is 29.2. The fourth-order valence-corrected chi connectivity index (χ4v) is 0. The first kappa shape index (κ1) is 16.0. The second-order valence-corrected chi connectivity index (χ2v) is 2.60. The molecule has 0 aromatic carbocycles. The van der Waals surface area contributed by atoms with Gasteiger partial charge in [0, 0.05) is 0 Å². The fourth-order valence-electron chi connectivity index (χ4n) is 0. The molecule has 0 rings (SSSR count). The molecule has 0 bridgehead atoms. The van der Waals surface area contributed by atoms with Crippen LogP contribution in [0.2, 0.25) is 0 Å². The van der Waals surface area contributed by atoms with E-state index in [0.717, 1.165) is 7.23 Å². The molecule has 0 saturated carbocycles. The topological polar surface area (TPSA) is 0 Å². The van der Waals surface area contributed by atoms with Gasteiger partial charge in [-0.1, -0.05) is 0 Å². The number of hydrogen-bond acceptors (Lipinski definition) is 0. The Kier molecular flexibility index (Phi) is 56.7. The molecule has 4 heteroatoms. The summed E-state index contributed by atoms with van der Waals surface area (Å²) >= 11 is 2.61. The van der Waals surface area contributed by atoms with Gasteiger partial charge >= 0.3 is 29.7 Å². The maximum Gasteiger partial charge on any atom is -1.00 e. The minimum atomic E-state index is 0. The summed E-state index contributed by atoms with van der Waals surface area (Å²) in [6.45, 7) is 2.12. The van der Waals surface area contributed by atoms with E-state index in [1.54, 1.807) is 0 Å². The maximum atomic E-state index is 2.61. The largest absolute Gasteiger partial charge is 1.00 e. The van der Waals surface area contributed by atoms with Gasteiger partial charge in [0.25, 0.3) is 0 Å². The van der Waals surface area contributed by atoms with Crippen LogP contribution in [0.25, 0.3) is 0 Å². The van der Waals surface area contributed by atoms with Crippen molar-refractivity contribution in [1.29, 1.82) is 0 Å². The van der Waals surface area contributed by atoms with E-state index in [1.165, 1.54) is 0 Å². The van der Waals surface area contributed by atoms with Gasteiger partial charge in [-0.2, -0.15) is 0 Å². The molecule has 0 fully saturated rings. The Morgan fingerprint density at radius 1 is 1.40 bits per heavy atom. The third-order valence-electron chi connectivity index (χ3n) is 0. The van der Waals surface area contributed by atoms with Crippen LogP contribution in [0.15, 0.2) is 0 Å². The summed E-state index contributed by atoms with van der Waals surface area (Å²) in [5.74, 6) is 0. The van der Waals surface area contributed by atoms with Crippen molar-refractivity contribution in [3.63, 3.8) is 0 Å². The third-order valence-corrected chi connectivity index (χ3v) is 0. The molecule has 30 valence electrons. The zero-order valence-electron chi connectivity index (χ0n) is 2.83. The zero-order valence-corrected chi connectivity index (χ0v) is 6.50. The van der Waals surface area contributed by atoms with Crippen LogP contribution in [0.5, 0.6) is 0 Å². The molecule has 0 heterocycles. The Hall–Kier alpha value is 1.54. The quantitative estimate of drug-likeness (QED) is 0.235. The smallest absolute Gasteiger partial charge is 1.00 e. The molecule has 0 aromatic heterocycles. The van der Waals surface area contributed by atoms with Gasteiger partial charge in [-0.25, -0.2) is 0 Å². The van der Waals surface area contributed by atoms with Crippen molar-refractivity contribution < 1.29 is 24.8 Å². The minimum Gasteiger partial charge on any atom is -1.00 e. The predicted molar refractivity (Wildman–Crippen MR) is 20.0 cm³/mol. The van der Waals surface area contributed by atoms with Gasteiger partial charge in [0.15, 0.2) is 0 Å². The van der Waals surface area contributed by atoms with E-state index in [0.29, 0.717) is 0 Å². The SMILES string of the molecule is C[PH][Al+2].[Cl-].[Cl-]. The number of rotatable bonds is 0. The van der Waals surface area contributed by atoms with E-state index < -0.39 is 0 Å². The van der Waals surface area contributed by atoms with Crippen LogP contribution < -0.4 is 24.8 Å². The molecule has 0 saturated heterocycles. The molecule has 0 aromatic rings. The Morgan fingerprint density at radius 3 is 1.40 bits per heavy atom. The first-order chi connectivity index (χ1) is 1.41. The molecule has 0 N–H and O–H groups in total. The van der Waals surface area contributed by atoms with Crippen molar-refractivity contribution in [2.24, 2.45) is 0 Å². The zero-order chi connectivity index (χ0) is 2.71. The normalized spacial score (nSPS) is 6.20. The van der Waals surface area contributed by atoms with Gasteiger partial charge in [0.05, 0.1) is 0 Å². The average Bonchev–Trinajstić information content (AvgIpc) is 0.918. The van der Waals surface area contributed by atoms with Crippen LogP contribution in [0.3, 0.4) is 0 Å². The molecular formula is CH4AlCl2P. The molecule has 0 aliphatic rings. The molecule has 0 spiro atoms. The molecule has 1 unspecified atom stereocenters. The van der Waals surface area contributed by atoms with Crippen molar-refractivity contribution in [3.05, 3.63) is 0 Å². The molecule has 0 aliphatic heterocycles. The van der Waals surface area contributed by atoms with Crippen LogP contribution in [0, 0.1) is 0 Å². The fraction of sp³-hybridized carbons (Fsp3) is 1.00. The second kappa shape index (κ2) is 17.7. The van der Waals surface area contributed by atoms with Crippen LogP contribution in [-0.4, -0.2) is 22.5 Å². The standard InChI is InChI=1S/CH4P.Al.2ClH/c1-2;;;/h2H,1H3;;2*1H/q-1;+3;;/p-2. The van der Waals surface area contributed by atoms with Crippen molar-refractivity contribution in [2.75, 3.05) is 6.66 Å². The molecular weight excluding hydrogens is 141 g/mol. The van der Waals surface area contributed by atoms with E-state index in [2.05, 4.69) is 22.5 Å². The Bertz CT molecular complexity index is 9.61. The monoisotopic (exact) mass is 144 g/mol. The van der Waals surface area contributed by atoms with E-state index in [4.69, 9.17) is 0 Å². The summed E-state index contributed by atoms with van der Waals surface area (Å²) in [5, 5.41) is 0. The average molecular weight is 145 g/mol. The van der Waals surface area contributed by atoms with Gasteiger partial charge < -0.3 is 24.8 Å². The van der Waals surface area contributed by atoms with Gasteiger partial charge in [-0.05, 0) is 0 Å². The molecule has 0 amide bonds. The molecule has 0 aliphatic carbocycles. The minimum absolute atomic E-state index is 0. The van der Waals surface area contributed by atoms with Gasteiger partial charge in [0.2, 0.25) is 0 Å². The molecule has 1 atom stereocenters. The molecule has 5 heavy (non-hydrogen) atoms. The Labute approximate surface area is 54.7 Å². The predicted octanol–water partition coefficient (Wildman–Crippen LogP) is -5.61. The van der Waals surface area contributed by atoms with E-state index >= 15 is 0 Å². The van der Waals surface area contributed by atoms with Gasteiger partial charge in [-0.3, -0.25) is 0 Å². The second-order valence-electron chi connectivity index (χ2n) is 0.289. The summed E-state index contributed by atoms with van der Waals surface area (Å²) in [7, 11) is 1.00. The van der Waals surface area contributed by atoms with Crippen molar-refractivity contribution >= 4 is 23.1 Å². The van der Waals surface area contributed by atoms with Crippen molar-refractivity contribution in [2.45, 2.75) is 0 Å². The van der Waals surface area contributed by atoms with Crippen LogP contribution in [-0.2, 0) is 0 Å². The van der Waals surface area contributed by atoms with Crippen molar-refractivity contribution in [3.8, 4) is 0 Å². The summed E-state index contributed by atoms with van der Waals surface area (Å²) in [4.78, 5) is 0. The van der Waals surface area contributed by atoms with Crippen LogP contribution in [0.1, 0.15) is 0 Å².